The van der Waals surface area contributed by atoms with Crippen LogP contribution < -0.4 is 15.5 Å². The molecule has 0 amide bonds. The van der Waals surface area contributed by atoms with E-state index in [1.165, 1.54) is 29.5 Å². The first-order chi connectivity index (χ1) is 17.2. The smallest absolute Gasteiger partial charge is 0.225 e. The first-order valence-corrected chi connectivity index (χ1v) is 12.7. The molecule has 2 N–H and O–H groups in total. The van der Waals surface area contributed by atoms with Crippen LogP contribution >= 0.6 is 0 Å². The van der Waals surface area contributed by atoms with E-state index < -0.39 is 0 Å². The Bertz CT molecular complexity index is 1230. The molecule has 1 aromatic heterocycles. The van der Waals surface area contributed by atoms with Crippen molar-refractivity contribution in [3.05, 3.63) is 84.4 Å². The van der Waals surface area contributed by atoms with Crippen LogP contribution in [0.15, 0.2) is 78.9 Å². The quantitative estimate of drug-likeness (QED) is 0.328. The topological polar surface area (TPSA) is 53.1 Å². The summed E-state index contributed by atoms with van der Waals surface area (Å²) >= 11 is 0. The van der Waals surface area contributed by atoms with E-state index in [-0.39, 0.29) is 0 Å². The number of benzene rings is 3. The normalized spacial score (nSPS) is 17.9. The number of anilines is 2. The molecule has 3 aromatic carbocycles. The summed E-state index contributed by atoms with van der Waals surface area (Å²) in [6, 6.07) is 28.1. The molecule has 4 aromatic rings. The molecular formula is C30H35N5. The standard InChI is InChI=1S/C30H35N5/c1-35(2)29-27-10-6-7-11-28(27)33-30(34-29)32-26-18-14-23(15-19-26)21-31-20-22-12-16-25(17-13-22)24-8-4-3-5-9-24/h3-13,16-17,23,26,31H,14-15,18-21H2,1-2H3,(H,32,33,34)/t23-,26+. The number of nitrogens with one attached hydrogen (secondary N) is 2. The predicted molar refractivity (Wildman–Crippen MR) is 147 cm³/mol. The Morgan fingerprint density at radius 2 is 1.46 bits per heavy atom. The van der Waals surface area contributed by atoms with Gasteiger partial charge in [0.15, 0.2) is 0 Å². The van der Waals surface area contributed by atoms with Gasteiger partial charge in [0.05, 0.1) is 5.52 Å². The number of rotatable bonds is 8. The van der Waals surface area contributed by atoms with Gasteiger partial charge in [-0.1, -0.05) is 66.7 Å². The van der Waals surface area contributed by atoms with Crippen molar-refractivity contribution in [3.8, 4) is 11.1 Å². The molecule has 1 heterocycles. The maximum Gasteiger partial charge on any atom is 0.225 e. The molecule has 180 valence electrons. The van der Waals surface area contributed by atoms with Crippen LogP contribution in [0.3, 0.4) is 0 Å². The molecule has 0 unspecified atom stereocenters. The molecule has 5 nitrogen and oxygen atoms in total. The average molecular weight is 466 g/mol. The van der Waals surface area contributed by atoms with Crippen molar-refractivity contribution in [2.75, 3.05) is 30.9 Å². The fourth-order valence-electron chi connectivity index (χ4n) is 5.03. The lowest BCUT2D eigenvalue weighted by molar-refractivity contribution is 0.324. The molecule has 1 fully saturated rings. The minimum Gasteiger partial charge on any atom is -0.362 e. The monoisotopic (exact) mass is 465 g/mol. The lowest BCUT2D eigenvalue weighted by Gasteiger charge is -2.29. The number of fused-ring (bicyclic) bond motifs is 1. The Kier molecular flexibility index (Phi) is 7.24. The lowest BCUT2D eigenvalue weighted by atomic mass is 9.86. The maximum absolute atomic E-state index is 4.81. The molecule has 1 aliphatic carbocycles. The highest BCUT2D eigenvalue weighted by molar-refractivity contribution is 5.90. The molecule has 0 aliphatic heterocycles. The van der Waals surface area contributed by atoms with Crippen molar-refractivity contribution >= 4 is 22.7 Å². The Morgan fingerprint density at radius 3 is 2.20 bits per heavy atom. The Labute approximate surface area is 208 Å². The van der Waals surface area contributed by atoms with Crippen LogP contribution in [0.1, 0.15) is 31.2 Å². The van der Waals surface area contributed by atoms with Crippen molar-refractivity contribution in [3.63, 3.8) is 0 Å². The third-order valence-corrected chi connectivity index (χ3v) is 7.01. The Balaban J connectivity index is 1.09. The summed E-state index contributed by atoms with van der Waals surface area (Å²) in [7, 11) is 4.07. The van der Waals surface area contributed by atoms with Crippen LogP contribution in [0, 0.1) is 5.92 Å². The highest BCUT2D eigenvalue weighted by atomic mass is 15.2. The molecule has 0 bridgehead atoms. The second-order valence-corrected chi connectivity index (χ2v) is 9.84. The summed E-state index contributed by atoms with van der Waals surface area (Å²) in [4.78, 5) is 11.7. The maximum atomic E-state index is 4.81. The molecule has 5 rings (SSSR count). The van der Waals surface area contributed by atoms with Crippen LogP contribution in [-0.4, -0.2) is 36.6 Å². The molecule has 35 heavy (non-hydrogen) atoms. The molecule has 0 saturated heterocycles. The summed E-state index contributed by atoms with van der Waals surface area (Å²) < 4.78 is 0. The van der Waals surface area contributed by atoms with E-state index >= 15 is 0 Å². The average Bonchev–Trinajstić information content (AvgIpc) is 2.90. The molecular weight excluding hydrogens is 430 g/mol. The number of nitrogens with zero attached hydrogens (tertiary/aromatic N) is 3. The van der Waals surface area contributed by atoms with Crippen LogP contribution in [0.2, 0.25) is 0 Å². The molecule has 0 atom stereocenters. The van der Waals surface area contributed by atoms with Crippen LogP contribution in [0.4, 0.5) is 11.8 Å². The summed E-state index contributed by atoms with van der Waals surface area (Å²) in [6.07, 6.45) is 4.77. The SMILES string of the molecule is CN(C)c1nc(N[C@H]2CC[C@@H](CNCc3ccc(-c4ccccc4)cc3)CC2)nc2ccccc12. The van der Waals surface area contributed by atoms with Gasteiger partial charge >= 0.3 is 0 Å². The van der Waals surface area contributed by atoms with Gasteiger partial charge in [0.1, 0.15) is 5.82 Å². The lowest BCUT2D eigenvalue weighted by Crippen LogP contribution is -2.31. The molecule has 1 saturated carbocycles. The molecule has 0 spiro atoms. The van der Waals surface area contributed by atoms with Gasteiger partial charge in [-0.05, 0) is 67.0 Å². The van der Waals surface area contributed by atoms with Crippen LogP contribution in [0.25, 0.3) is 22.0 Å². The summed E-state index contributed by atoms with van der Waals surface area (Å²) in [5.41, 5.74) is 4.87. The zero-order chi connectivity index (χ0) is 24.0. The van der Waals surface area contributed by atoms with Crippen LogP contribution in [-0.2, 0) is 6.54 Å². The molecule has 5 heteroatoms. The van der Waals surface area contributed by atoms with Crippen molar-refractivity contribution in [2.45, 2.75) is 38.3 Å². The first-order valence-electron chi connectivity index (χ1n) is 12.7. The Hall–Kier alpha value is -3.44. The summed E-state index contributed by atoms with van der Waals surface area (Å²) in [5.74, 6) is 2.44. The van der Waals surface area contributed by atoms with Gasteiger partial charge in [-0.3, -0.25) is 0 Å². The zero-order valence-corrected chi connectivity index (χ0v) is 20.7. The summed E-state index contributed by atoms with van der Waals surface area (Å²) in [5, 5.41) is 8.40. The van der Waals surface area contributed by atoms with Gasteiger partial charge < -0.3 is 15.5 Å². The number of aromatic nitrogens is 2. The van der Waals surface area contributed by atoms with Gasteiger partial charge in [0.2, 0.25) is 5.95 Å². The highest BCUT2D eigenvalue weighted by Gasteiger charge is 2.22. The van der Waals surface area contributed by atoms with Gasteiger partial charge in [-0.15, -0.1) is 0 Å². The third-order valence-electron chi connectivity index (χ3n) is 7.01. The van der Waals surface area contributed by atoms with E-state index in [4.69, 9.17) is 9.97 Å². The number of hydrogen-bond donors (Lipinski definition) is 2. The third kappa shape index (κ3) is 5.80. The Morgan fingerprint density at radius 1 is 0.771 bits per heavy atom. The second-order valence-electron chi connectivity index (χ2n) is 9.84. The van der Waals surface area contributed by atoms with Crippen molar-refractivity contribution in [1.82, 2.24) is 15.3 Å². The predicted octanol–water partition coefficient (Wildman–Crippen LogP) is 6.12. The van der Waals surface area contributed by atoms with Crippen molar-refractivity contribution in [1.29, 1.82) is 0 Å². The van der Waals surface area contributed by atoms with Crippen molar-refractivity contribution < 1.29 is 0 Å². The first kappa shape index (κ1) is 23.3. The minimum atomic E-state index is 0.438. The summed E-state index contributed by atoms with van der Waals surface area (Å²) in [6.45, 7) is 2.00. The van der Waals surface area contributed by atoms with E-state index in [0.717, 1.165) is 54.5 Å². The van der Waals surface area contributed by atoms with E-state index in [9.17, 15) is 0 Å². The van der Waals surface area contributed by atoms with E-state index in [2.05, 4.69) is 82.3 Å². The van der Waals surface area contributed by atoms with E-state index in [1.807, 2.05) is 26.2 Å². The number of para-hydroxylation sites is 1. The zero-order valence-electron chi connectivity index (χ0n) is 20.7. The molecule has 0 radical (unpaired) electrons. The number of hydrogen-bond acceptors (Lipinski definition) is 5. The van der Waals surface area contributed by atoms with E-state index in [1.54, 1.807) is 0 Å². The van der Waals surface area contributed by atoms with Crippen LogP contribution in [0.5, 0.6) is 0 Å². The largest absolute Gasteiger partial charge is 0.362 e. The second kappa shape index (κ2) is 10.9. The van der Waals surface area contributed by atoms with Gasteiger partial charge in [0, 0.05) is 32.1 Å². The highest BCUT2D eigenvalue weighted by Crippen LogP contribution is 2.28. The van der Waals surface area contributed by atoms with E-state index in [0.29, 0.717) is 6.04 Å². The van der Waals surface area contributed by atoms with Gasteiger partial charge in [-0.2, -0.15) is 4.98 Å². The fraction of sp³-hybridized carbons (Fsp3) is 0.333. The minimum absolute atomic E-state index is 0.438. The molecule has 1 aliphatic rings. The fourth-order valence-corrected chi connectivity index (χ4v) is 5.03. The van der Waals surface area contributed by atoms with Gasteiger partial charge in [0.25, 0.3) is 0 Å². The van der Waals surface area contributed by atoms with Crippen molar-refractivity contribution in [2.24, 2.45) is 5.92 Å². The van der Waals surface area contributed by atoms with Gasteiger partial charge in [-0.25, -0.2) is 4.98 Å².